The largest absolute Gasteiger partial charge is 0.392 e. The summed E-state index contributed by atoms with van der Waals surface area (Å²) in [6, 6.07) is 0.323. The van der Waals surface area contributed by atoms with E-state index < -0.39 is 0 Å². The Morgan fingerprint density at radius 3 is 2.29 bits per heavy atom. The van der Waals surface area contributed by atoms with Gasteiger partial charge >= 0.3 is 0 Å². The molecule has 1 heterocycles. The molecule has 0 aliphatic carbocycles. The average Bonchev–Trinajstić information content (AvgIpc) is 2.34. The summed E-state index contributed by atoms with van der Waals surface area (Å²) in [5.74, 6) is 0. The second-order valence-corrected chi connectivity index (χ2v) is 5.41. The molecule has 0 amide bonds. The molecule has 0 saturated carbocycles. The smallest absolute Gasteiger partial charge is 0.0902 e. The van der Waals surface area contributed by atoms with E-state index in [1.807, 2.05) is 0 Å². The Kier molecular flexibility index (Phi) is 7.00. The van der Waals surface area contributed by atoms with Crippen LogP contribution in [0.4, 0.5) is 0 Å². The number of unbranched alkanes of at least 4 members (excludes halogenated alkanes) is 1. The molecule has 1 rings (SSSR count). The zero-order valence-electron chi connectivity index (χ0n) is 11.3. The molecule has 2 N–H and O–H groups in total. The van der Waals surface area contributed by atoms with Crippen molar-refractivity contribution < 1.29 is 0 Å². The van der Waals surface area contributed by atoms with Gasteiger partial charge in [-0.05, 0) is 19.4 Å². The molecule has 4 heteroatoms. The number of hydrogen-bond acceptors (Lipinski definition) is 3. The van der Waals surface area contributed by atoms with Gasteiger partial charge in [-0.25, -0.2) is 0 Å². The molecule has 17 heavy (non-hydrogen) atoms. The standard InChI is InChI=1S/C13H27N3S/c1-3-5-7-15-8-10-16(11-9-15)12(6-4-2)13(14)17/h12H,3-11H2,1-2H3,(H2,14,17). The van der Waals surface area contributed by atoms with E-state index >= 15 is 0 Å². The number of rotatable bonds is 7. The second-order valence-electron chi connectivity index (χ2n) is 4.94. The van der Waals surface area contributed by atoms with E-state index in [2.05, 4.69) is 23.6 Å². The quantitative estimate of drug-likeness (QED) is 0.706. The van der Waals surface area contributed by atoms with Crippen molar-refractivity contribution in [2.45, 2.75) is 45.6 Å². The maximum atomic E-state index is 5.84. The third kappa shape index (κ3) is 4.90. The maximum absolute atomic E-state index is 5.84. The first-order chi connectivity index (χ1) is 8.19. The number of nitrogens with two attached hydrogens (primary N) is 1. The summed E-state index contributed by atoms with van der Waals surface area (Å²) in [5, 5.41) is 0. The molecule has 1 aliphatic rings. The Morgan fingerprint density at radius 2 is 1.82 bits per heavy atom. The molecule has 0 spiro atoms. The summed E-state index contributed by atoms with van der Waals surface area (Å²) in [6.07, 6.45) is 4.85. The van der Waals surface area contributed by atoms with Crippen LogP contribution in [-0.4, -0.2) is 53.6 Å². The molecule has 3 nitrogen and oxygen atoms in total. The van der Waals surface area contributed by atoms with Gasteiger partial charge in [0.05, 0.1) is 11.0 Å². The first kappa shape index (κ1) is 14.9. The van der Waals surface area contributed by atoms with E-state index in [9.17, 15) is 0 Å². The molecule has 0 bridgehead atoms. The number of thiocarbonyl (C=S) groups is 1. The van der Waals surface area contributed by atoms with Gasteiger partial charge in [0.1, 0.15) is 0 Å². The highest BCUT2D eigenvalue weighted by Gasteiger charge is 2.24. The lowest BCUT2D eigenvalue weighted by Crippen LogP contribution is -2.53. The van der Waals surface area contributed by atoms with Gasteiger partial charge in [0.15, 0.2) is 0 Å². The van der Waals surface area contributed by atoms with Crippen LogP contribution in [0.15, 0.2) is 0 Å². The molecule has 100 valence electrons. The summed E-state index contributed by atoms with van der Waals surface area (Å²) in [5.41, 5.74) is 5.84. The predicted molar refractivity (Wildman–Crippen MR) is 78.4 cm³/mol. The topological polar surface area (TPSA) is 32.5 Å². The van der Waals surface area contributed by atoms with Gasteiger partial charge in [0.25, 0.3) is 0 Å². The summed E-state index contributed by atoms with van der Waals surface area (Å²) >= 11 is 5.19. The van der Waals surface area contributed by atoms with Gasteiger partial charge < -0.3 is 10.6 Å². The van der Waals surface area contributed by atoms with Crippen molar-refractivity contribution in [1.29, 1.82) is 0 Å². The fourth-order valence-electron chi connectivity index (χ4n) is 2.46. The van der Waals surface area contributed by atoms with E-state index in [1.165, 1.54) is 32.5 Å². The van der Waals surface area contributed by atoms with Crippen LogP contribution < -0.4 is 5.73 Å². The summed E-state index contributed by atoms with van der Waals surface area (Å²) in [7, 11) is 0. The fraction of sp³-hybridized carbons (Fsp3) is 0.923. The molecule has 1 aliphatic heterocycles. The van der Waals surface area contributed by atoms with E-state index in [4.69, 9.17) is 18.0 Å². The van der Waals surface area contributed by atoms with E-state index in [0.29, 0.717) is 11.0 Å². The zero-order valence-corrected chi connectivity index (χ0v) is 12.1. The van der Waals surface area contributed by atoms with Gasteiger partial charge in [-0.2, -0.15) is 0 Å². The third-order valence-electron chi connectivity index (χ3n) is 3.57. The van der Waals surface area contributed by atoms with Crippen LogP contribution in [0.1, 0.15) is 39.5 Å². The minimum absolute atomic E-state index is 0.323. The van der Waals surface area contributed by atoms with E-state index in [-0.39, 0.29) is 0 Å². The lowest BCUT2D eigenvalue weighted by atomic mass is 10.1. The average molecular weight is 257 g/mol. The molecule has 0 aromatic rings. The molecule has 1 fully saturated rings. The first-order valence-corrected chi connectivity index (χ1v) is 7.35. The predicted octanol–water partition coefficient (Wildman–Crippen LogP) is 1.86. The normalized spacial score (nSPS) is 20.4. The highest BCUT2D eigenvalue weighted by molar-refractivity contribution is 7.80. The summed E-state index contributed by atoms with van der Waals surface area (Å²) in [4.78, 5) is 5.70. The van der Waals surface area contributed by atoms with Crippen LogP contribution in [0.3, 0.4) is 0 Å². The molecule has 1 unspecified atom stereocenters. The van der Waals surface area contributed by atoms with Crippen LogP contribution in [0, 0.1) is 0 Å². The summed E-state index contributed by atoms with van der Waals surface area (Å²) < 4.78 is 0. The number of hydrogen-bond donors (Lipinski definition) is 1. The van der Waals surface area contributed by atoms with Gasteiger partial charge in [-0.3, -0.25) is 4.90 Å². The highest BCUT2D eigenvalue weighted by atomic mass is 32.1. The van der Waals surface area contributed by atoms with Crippen molar-refractivity contribution in [2.24, 2.45) is 5.73 Å². The van der Waals surface area contributed by atoms with Crippen molar-refractivity contribution >= 4 is 17.2 Å². The Balaban J connectivity index is 2.36. The van der Waals surface area contributed by atoms with Gasteiger partial charge in [-0.1, -0.05) is 38.9 Å². The number of piperazine rings is 1. The SMILES string of the molecule is CCCCN1CCN(C(CCC)C(N)=S)CC1. The minimum atomic E-state index is 0.323. The van der Waals surface area contributed by atoms with E-state index in [1.54, 1.807) is 0 Å². The molecule has 0 aromatic heterocycles. The van der Waals surface area contributed by atoms with Crippen molar-refractivity contribution in [3.63, 3.8) is 0 Å². The monoisotopic (exact) mass is 257 g/mol. The molecular weight excluding hydrogens is 230 g/mol. The Bertz CT molecular complexity index is 225. The Hall–Kier alpha value is -0.190. The maximum Gasteiger partial charge on any atom is 0.0902 e. The van der Waals surface area contributed by atoms with Gasteiger partial charge in [0, 0.05) is 26.2 Å². The zero-order chi connectivity index (χ0) is 12.7. The van der Waals surface area contributed by atoms with Gasteiger partial charge in [-0.15, -0.1) is 0 Å². The minimum Gasteiger partial charge on any atom is -0.392 e. The van der Waals surface area contributed by atoms with Crippen molar-refractivity contribution in [2.75, 3.05) is 32.7 Å². The molecule has 1 atom stereocenters. The van der Waals surface area contributed by atoms with E-state index in [0.717, 1.165) is 25.9 Å². The second kappa shape index (κ2) is 8.01. The lowest BCUT2D eigenvalue weighted by Gasteiger charge is -2.39. The lowest BCUT2D eigenvalue weighted by molar-refractivity contribution is 0.114. The van der Waals surface area contributed by atoms with Crippen LogP contribution in [0.25, 0.3) is 0 Å². The van der Waals surface area contributed by atoms with Crippen LogP contribution in [0.2, 0.25) is 0 Å². The Morgan fingerprint density at radius 1 is 1.18 bits per heavy atom. The van der Waals surface area contributed by atoms with Crippen molar-refractivity contribution in [3.8, 4) is 0 Å². The number of nitrogens with zero attached hydrogens (tertiary/aromatic N) is 2. The molecule has 0 aromatic carbocycles. The molecule has 0 radical (unpaired) electrons. The molecular formula is C13H27N3S. The van der Waals surface area contributed by atoms with Gasteiger partial charge in [0.2, 0.25) is 0 Å². The molecule has 1 saturated heterocycles. The van der Waals surface area contributed by atoms with Crippen LogP contribution >= 0.6 is 12.2 Å². The fourth-order valence-corrected chi connectivity index (χ4v) is 2.73. The van der Waals surface area contributed by atoms with Crippen LogP contribution in [0.5, 0.6) is 0 Å². The van der Waals surface area contributed by atoms with Crippen molar-refractivity contribution in [3.05, 3.63) is 0 Å². The highest BCUT2D eigenvalue weighted by Crippen LogP contribution is 2.12. The van der Waals surface area contributed by atoms with Crippen LogP contribution in [-0.2, 0) is 0 Å². The Labute approximate surface area is 111 Å². The first-order valence-electron chi connectivity index (χ1n) is 6.94. The van der Waals surface area contributed by atoms with Crippen molar-refractivity contribution in [1.82, 2.24) is 9.80 Å². The summed E-state index contributed by atoms with van der Waals surface area (Å²) in [6.45, 7) is 10.3. The third-order valence-corrected chi connectivity index (χ3v) is 3.84.